The number of hydrogen-bond acceptors (Lipinski definition) is 8. The molecule has 174 valence electrons. The van der Waals surface area contributed by atoms with Gasteiger partial charge in [0.1, 0.15) is 25.2 Å². The fourth-order valence-corrected chi connectivity index (χ4v) is 3.64. The SMILES string of the molecule is CCOC1=N[C@H](Cc2ccc(C[C@H]3N=C(OCC)CN=C3OCC)cc2)C(OCC)=NC1. The highest BCUT2D eigenvalue weighted by Crippen LogP contribution is 2.17. The molecule has 2 atom stereocenters. The molecule has 0 N–H and O–H groups in total. The van der Waals surface area contributed by atoms with Crippen LogP contribution >= 0.6 is 0 Å². The largest absolute Gasteiger partial charge is 0.480 e. The van der Waals surface area contributed by atoms with E-state index in [9.17, 15) is 0 Å². The van der Waals surface area contributed by atoms with Crippen LogP contribution in [0.4, 0.5) is 0 Å². The lowest BCUT2D eigenvalue weighted by atomic mass is 10.0. The first kappa shape index (κ1) is 23.8. The van der Waals surface area contributed by atoms with Crippen LogP contribution in [0.15, 0.2) is 44.2 Å². The van der Waals surface area contributed by atoms with Gasteiger partial charge in [-0.1, -0.05) is 24.3 Å². The summed E-state index contributed by atoms with van der Waals surface area (Å²) in [6, 6.07) is 8.16. The van der Waals surface area contributed by atoms with Gasteiger partial charge in [-0.15, -0.1) is 0 Å². The van der Waals surface area contributed by atoms with Crippen LogP contribution < -0.4 is 0 Å². The second-order valence-corrected chi connectivity index (χ2v) is 7.34. The Labute approximate surface area is 190 Å². The van der Waals surface area contributed by atoms with Crippen molar-refractivity contribution < 1.29 is 18.9 Å². The molecule has 0 unspecified atom stereocenters. The minimum atomic E-state index is -0.163. The maximum Gasteiger partial charge on any atom is 0.209 e. The van der Waals surface area contributed by atoms with E-state index >= 15 is 0 Å². The molecule has 0 saturated carbocycles. The number of nitrogens with zero attached hydrogens (tertiary/aromatic N) is 4. The molecule has 0 aromatic heterocycles. The van der Waals surface area contributed by atoms with Gasteiger partial charge in [-0.05, 0) is 38.8 Å². The molecular formula is C24H34N4O4. The van der Waals surface area contributed by atoms with Crippen molar-refractivity contribution in [1.29, 1.82) is 0 Å². The summed E-state index contributed by atoms with van der Waals surface area (Å²) in [7, 11) is 0. The molecule has 0 radical (unpaired) electrons. The first-order valence-electron chi connectivity index (χ1n) is 11.5. The maximum absolute atomic E-state index is 5.72. The molecule has 0 saturated heterocycles. The topological polar surface area (TPSA) is 86.4 Å². The molecule has 32 heavy (non-hydrogen) atoms. The summed E-state index contributed by atoms with van der Waals surface area (Å²) in [5.41, 5.74) is 2.32. The first-order valence-corrected chi connectivity index (χ1v) is 11.5. The van der Waals surface area contributed by atoms with Gasteiger partial charge in [-0.2, -0.15) is 0 Å². The van der Waals surface area contributed by atoms with E-state index in [0.717, 1.165) is 11.1 Å². The summed E-state index contributed by atoms with van der Waals surface area (Å²) in [6.07, 6.45) is 1.41. The highest BCUT2D eigenvalue weighted by molar-refractivity contribution is 5.92. The van der Waals surface area contributed by atoms with Gasteiger partial charge in [0.15, 0.2) is 0 Å². The molecule has 0 aliphatic carbocycles. The Balaban J connectivity index is 1.68. The smallest absolute Gasteiger partial charge is 0.209 e. The van der Waals surface area contributed by atoms with Crippen molar-refractivity contribution >= 4 is 23.6 Å². The van der Waals surface area contributed by atoms with E-state index in [0.29, 0.717) is 75.9 Å². The maximum atomic E-state index is 5.72. The minimum absolute atomic E-state index is 0.163. The molecule has 3 rings (SSSR count). The monoisotopic (exact) mass is 442 g/mol. The molecule has 2 heterocycles. The third-order valence-electron chi connectivity index (χ3n) is 5.00. The average Bonchev–Trinajstić information content (AvgIpc) is 2.79. The van der Waals surface area contributed by atoms with Gasteiger partial charge in [-0.3, -0.25) is 0 Å². The lowest BCUT2D eigenvalue weighted by Crippen LogP contribution is -2.32. The van der Waals surface area contributed by atoms with E-state index in [1.165, 1.54) is 0 Å². The zero-order chi connectivity index (χ0) is 22.8. The van der Waals surface area contributed by atoms with Crippen molar-refractivity contribution in [3.05, 3.63) is 35.4 Å². The average molecular weight is 443 g/mol. The van der Waals surface area contributed by atoms with Crippen molar-refractivity contribution in [2.75, 3.05) is 39.5 Å². The summed E-state index contributed by atoms with van der Waals surface area (Å²) in [5.74, 6) is 2.69. The molecule has 8 nitrogen and oxygen atoms in total. The van der Waals surface area contributed by atoms with Crippen molar-refractivity contribution in [1.82, 2.24) is 0 Å². The van der Waals surface area contributed by atoms with E-state index in [1.807, 2.05) is 27.7 Å². The van der Waals surface area contributed by atoms with Gasteiger partial charge < -0.3 is 18.9 Å². The third-order valence-corrected chi connectivity index (χ3v) is 5.00. The Bertz CT molecular complexity index is 790. The molecule has 0 fully saturated rings. The van der Waals surface area contributed by atoms with Gasteiger partial charge in [0.2, 0.25) is 23.6 Å². The van der Waals surface area contributed by atoms with Crippen molar-refractivity contribution in [2.24, 2.45) is 20.0 Å². The van der Waals surface area contributed by atoms with E-state index < -0.39 is 0 Å². The van der Waals surface area contributed by atoms with Gasteiger partial charge in [-0.25, -0.2) is 20.0 Å². The fourth-order valence-electron chi connectivity index (χ4n) is 3.64. The highest BCUT2D eigenvalue weighted by Gasteiger charge is 2.24. The van der Waals surface area contributed by atoms with Crippen LogP contribution in [-0.4, -0.2) is 75.2 Å². The molecule has 1 aromatic carbocycles. The summed E-state index contributed by atoms with van der Waals surface area (Å²) in [5, 5.41) is 0. The molecule has 2 aliphatic heterocycles. The summed E-state index contributed by atoms with van der Waals surface area (Å²) < 4.78 is 22.6. The van der Waals surface area contributed by atoms with Crippen LogP contribution in [0.3, 0.4) is 0 Å². The highest BCUT2D eigenvalue weighted by atomic mass is 16.5. The quantitative estimate of drug-likeness (QED) is 0.618. The molecule has 8 heteroatoms. The van der Waals surface area contributed by atoms with E-state index in [1.54, 1.807) is 0 Å². The molecular weight excluding hydrogens is 408 g/mol. The summed E-state index contributed by atoms with van der Waals surface area (Å²) in [4.78, 5) is 18.5. The number of ether oxygens (including phenoxy) is 4. The Morgan fingerprint density at radius 2 is 1.00 bits per heavy atom. The summed E-state index contributed by atoms with van der Waals surface area (Å²) in [6.45, 7) is 11.0. The Kier molecular flexibility index (Phi) is 9.07. The van der Waals surface area contributed by atoms with Gasteiger partial charge in [0, 0.05) is 12.8 Å². The van der Waals surface area contributed by atoms with Crippen LogP contribution in [0.5, 0.6) is 0 Å². The van der Waals surface area contributed by atoms with Crippen molar-refractivity contribution in [3.8, 4) is 0 Å². The van der Waals surface area contributed by atoms with Crippen LogP contribution in [0.1, 0.15) is 38.8 Å². The molecule has 0 amide bonds. The molecule has 0 bridgehead atoms. The lowest BCUT2D eigenvalue weighted by Gasteiger charge is -2.22. The van der Waals surface area contributed by atoms with Gasteiger partial charge in [0.25, 0.3) is 0 Å². The predicted octanol–water partition coefficient (Wildman–Crippen LogP) is 3.28. The Morgan fingerprint density at radius 1 is 0.625 bits per heavy atom. The normalized spacial score (nSPS) is 20.5. The number of aliphatic imine (C=N–C) groups is 4. The summed E-state index contributed by atoms with van der Waals surface area (Å²) >= 11 is 0. The molecule has 1 aromatic rings. The van der Waals surface area contributed by atoms with Crippen LogP contribution in [-0.2, 0) is 31.8 Å². The van der Waals surface area contributed by atoms with Gasteiger partial charge in [0.05, 0.1) is 26.4 Å². The Hall–Kier alpha value is -2.90. The zero-order valence-electron chi connectivity index (χ0n) is 19.5. The zero-order valence-corrected chi connectivity index (χ0v) is 19.5. The number of hydrogen-bond donors (Lipinski definition) is 0. The number of rotatable bonds is 8. The fraction of sp³-hybridized carbons (Fsp3) is 0.583. The molecule has 0 spiro atoms. The first-order chi connectivity index (χ1) is 15.7. The minimum Gasteiger partial charge on any atom is -0.480 e. The predicted molar refractivity (Wildman–Crippen MR) is 127 cm³/mol. The van der Waals surface area contributed by atoms with Crippen LogP contribution in [0, 0.1) is 0 Å². The van der Waals surface area contributed by atoms with Crippen molar-refractivity contribution in [2.45, 2.75) is 52.6 Å². The second kappa shape index (κ2) is 12.2. The van der Waals surface area contributed by atoms with Crippen LogP contribution in [0.2, 0.25) is 0 Å². The van der Waals surface area contributed by atoms with E-state index in [4.69, 9.17) is 28.9 Å². The van der Waals surface area contributed by atoms with E-state index in [-0.39, 0.29) is 12.1 Å². The lowest BCUT2D eigenvalue weighted by molar-refractivity contribution is 0.293. The second-order valence-electron chi connectivity index (χ2n) is 7.34. The van der Waals surface area contributed by atoms with Crippen LogP contribution in [0.25, 0.3) is 0 Å². The third kappa shape index (κ3) is 6.55. The molecule has 2 aliphatic rings. The van der Waals surface area contributed by atoms with Crippen molar-refractivity contribution in [3.63, 3.8) is 0 Å². The standard InChI is InChI=1S/C24H34N4O4/c1-5-29-21-15-25-23(31-7-3)19(27-21)13-17-9-11-18(12-10-17)14-20-24(32-8-4)26-16-22(28-20)30-6-2/h9-12,19-20H,5-8,13-16H2,1-4H3/t19-,20-/m1/s1. The Morgan fingerprint density at radius 3 is 1.34 bits per heavy atom. The number of benzene rings is 1. The van der Waals surface area contributed by atoms with E-state index in [2.05, 4.69) is 34.3 Å². The van der Waals surface area contributed by atoms with Gasteiger partial charge >= 0.3 is 0 Å².